The van der Waals surface area contributed by atoms with Gasteiger partial charge in [-0.25, -0.2) is 9.78 Å². The lowest BCUT2D eigenvalue weighted by molar-refractivity contribution is -0.138. The topological polar surface area (TPSA) is 112 Å². The maximum Gasteiger partial charge on any atom is 0.331 e. The highest BCUT2D eigenvalue weighted by Crippen LogP contribution is 2.36. The molecule has 1 atom stereocenters. The van der Waals surface area contributed by atoms with E-state index in [2.05, 4.69) is 9.97 Å². The van der Waals surface area contributed by atoms with Gasteiger partial charge in [-0.2, -0.15) is 0 Å². The van der Waals surface area contributed by atoms with Gasteiger partial charge in [0.1, 0.15) is 5.69 Å². The molecule has 0 saturated heterocycles. The van der Waals surface area contributed by atoms with Gasteiger partial charge in [0.25, 0.3) is 5.56 Å². The Morgan fingerprint density at radius 3 is 3.15 bits per heavy atom. The van der Waals surface area contributed by atoms with Crippen LogP contribution in [0.5, 0.6) is 0 Å². The van der Waals surface area contributed by atoms with Crippen LogP contribution in [0.3, 0.4) is 0 Å². The molecule has 3 rings (SSSR count). The van der Waals surface area contributed by atoms with Gasteiger partial charge in [-0.05, 0) is 23.4 Å². The Hall–Kier alpha value is -2.35. The molecule has 4 N–H and O–H groups in total. The molecule has 1 unspecified atom stereocenters. The van der Waals surface area contributed by atoms with E-state index in [9.17, 15) is 14.7 Å². The average Bonchev–Trinajstić information content (AvgIpc) is 2.88. The molecule has 2 aromatic heterocycles. The highest BCUT2D eigenvalue weighted by molar-refractivity contribution is 7.10. The number of aromatic nitrogens is 2. The Labute approximate surface area is 117 Å². The molecule has 104 valence electrons. The van der Waals surface area contributed by atoms with Gasteiger partial charge in [-0.15, -0.1) is 11.3 Å². The zero-order valence-electron chi connectivity index (χ0n) is 10.4. The molecule has 1 aliphatic heterocycles. The summed E-state index contributed by atoms with van der Waals surface area (Å²) in [6.07, 6.45) is 1.95. The zero-order valence-corrected chi connectivity index (χ0v) is 11.2. The second kappa shape index (κ2) is 4.64. The predicted molar refractivity (Wildman–Crippen MR) is 75.0 cm³/mol. The fraction of sp³-hybridized carbons (Fsp3) is 0.250. The molecule has 3 heterocycles. The fourth-order valence-corrected chi connectivity index (χ4v) is 3.34. The van der Waals surface area contributed by atoms with Crippen molar-refractivity contribution in [2.75, 3.05) is 17.2 Å². The summed E-state index contributed by atoms with van der Waals surface area (Å²) in [4.78, 5) is 32.2. The molecule has 0 radical (unpaired) electrons. The first kappa shape index (κ1) is 12.7. The van der Waals surface area contributed by atoms with E-state index in [1.807, 2.05) is 5.38 Å². The summed E-state index contributed by atoms with van der Waals surface area (Å²) < 4.78 is 0. The van der Waals surface area contributed by atoms with Crippen molar-refractivity contribution in [2.45, 2.75) is 12.5 Å². The third-order valence-electron chi connectivity index (χ3n) is 3.34. The number of rotatable bonds is 2. The van der Waals surface area contributed by atoms with Crippen molar-refractivity contribution >= 4 is 28.8 Å². The van der Waals surface area contributed by atoms with Crippen LogP contribution < -0.4 is 16.2 Å². The first-order valence-electron chi connectivity index (χ1n) is 5.98. The van der Waals surface area contributed by atoms with E-state index in [1.54, 1.807) is 22.3 Å². The molecule has 0 bridgehead atoms. The van der Waals surface area contributed by atoms with Crippen LogP contribution in [0.4, 0.5) is 11.5 Å². The number of nitrogens with two attached hydrogens (primary N) is 1. The van der Waals surface area contributed by atoms with Crippen LogP contribution in [0.2, 0.25) is 0 Å². The van der Waals surface area contributed by atoms with Gasteiger partial charge >= 0.3 is 5.97 Å². The standard InChI is InChI=1S/C12H12N4O3S/c13-8-10(14-5-15-11(8)17)16-3-1-7-6(2-4-20-7)9(16)12(18)19/h2,4-5,9H,1,3,13H2,(H,18,19)(H,14,15,17). The summed E-state index contributed by atoms with van der Waals surface area (Å²) in [5.41, 5.74) is 5.96. The molecule has 1 aliphatic rings. The molecule has 8 heteroatoms. The van der Waals surface area contributed by atoms with Gasteiger partial charge in [0, 0.05) is 11.4 Å². The zero-order chi connectivity index (χ0) is 14.3. The number of fused-ring (bicyclic) bond motifs is 1. The van der Waals surface area contributed by atoms with Crippen molar-refractivity contribution in [1.82, 2.24) is 9.97 Å². The summed E-state index contributed by atoms with van der Waals surface area (Å²) >= 11 is 1.54. The quantitative estimate of drug-likeness (QED) is 0.747. The van der Waals surface area contributed by atoms with Gasteiger partial charge in [0.2, 0.25) is 0 Å². The number of aliphatic carboxylic acids is 1. The molecule has 0 aromatic carbocycles. The van der Waals surface area contributed by atoms with Crippen LogP contribution in [-0.2, 0) is 11.2 Å². The number of carboxylic acids is 1. The normalized spacial score (nSPS) is 17.8. The van der Waals surface area contributed by atoms with Crippen LogP contribution in [0.25, 0.3) is 0 Å². The number of H-pyrrole nitrogens is 1. The van der Waals surface area contributed by atoms with Crippen molar-refractivity contribution in [2.24, 2.45) is 0 Å². The molecule has 7 nitrogen and oxygen atoms in total. The molecular formula is C12H12N4O3S. The number of nitrogen functional groups attached to an aromatic ring is 1. The van der Waals surface area contributed by atoms with Crippen molar-refractivity contribution in [3.8, 4) is 0 Å². The lowest BCUT2D eigenvalue weighted by atomic mass is 10.00. The van der Waals surface area contributed by atoms with E-state index < -0.39 is 17.6 Å². The second-order valence-electron chi connectivity index (χ2n) is 4.45. The Morgan fingerprint density at radius 2 is 2.40 bits per heavy atom. The van der Waals surface area contributed by atoms with Crippen LogP contribution in [0.1, 0.15) is 16.5 Å². The lowest BCUT2D eigenvalue weighted by Gasteiger charge is -2.34. The van der Waals surface area contributed by atoms with Gasteiger partial charge < -0.3 is 20.7 Å². The van der Waals surface area contributed by atoms with E-state index in [-0.39, 0.29) is 11.5 Å². The monoisotopic (exact) mass is 292 g/mol. The third kappa shape index (κ3) is 1.85. The van der Waals surface area contributed by atoms with E-state index in [1.165, 1.54) is 6.33 Å². The lowest BCUT2D eigenvalue weighted by Crippen LogP contribution is -2.40. The summed E-state index contributed by atoms with van der Waals surface area (Å²) in [6.45, 7) is 0.463. The van der Waals surface area contributed by atoms with Crippen LogP contribution in [-0.4, -0.2) is 27.6 Å². The molecule has 0 fully saturated rings. The minimum atomic E-state index is -0.981. The fourth-order valence-electron chi connectivity index (χ4n) is 2.44. The van der Waals surface area contributed by atoms with E-state index >= 15 is 0 Å². The number of aromatic amines is 1. The van der Waals surface area contributed by atoms with Crippen LogP contribution in [0.15, 0.2) is 22.6 Å². The number of hydrogen-bond donors (Lipinski definition) is 3. The average molecular weight is 292 g/mol. The van der Waals surface area contributed by atoms with Crippen molar-refractivity contribution < 1.29 is 9.90 Å². The number of carboxylic acid groups (broad SMARTS) is 1. The maximum atomic E-state index is 11.6. The Morgan fingerprint density at radius 1 is 1.60 bits per heavy atom. The minimum Gasteiger partial charge on any atom is -0.479 e. The van der Waals surface area contributed by atoms with Crippen LogP contribution >= 0.6 is 11.3 Å². The van der Waals surface area contributed by atoms with Gasteiger partial charge in [0.05, 0.1) is 6.33 Å². The molecule has 20 heavy (non-hydrogen) atoms. The Balaban J connectivity index is 2.12. The van der Waals surface area contributed by atoms with Crippen LogP contribution in [0, 0.1) is 0 Å². The Kier molecular flexibility index (Phi) is 2.94. The minimum absolute atomic E-state index is 0.0579. The number of anilines is 2. The molecule has 0 spiro atoms. The second-order valence-corrected chi connectivity index (χ2v) is 5.45. The first-order chi connectivity index (χ1) is 9.59. The molecule has 2 aromatic rings. The predicted octanol–water partition coefficient (Wildman–Crippen LogP) is 0.602. The molecule has 0 saturated carbocycles. The van der Waals surface area contributed by atoms with Crippen molar-refractivity contribution in [3.05, 3.63) is 38.6 Å². The highest BCUT2D eigenvalue weighted by atomic mass is 32.1. The molecule has 0 amide bonds. The smallest absolute Gasteiger partial charge is 0.331 e. The number of hydrogen-bond acceptors (Lipinski definition) is 6. The number of nitrogens with one attached hydrogen (secondary N) is 1. The van der Waals surface area contributed by atoms with Gasteiger partial charge in [0.15, 0.2) is 11.9 Å². The van der Waals surface area contributed by atoms with E-state index in [0.717, 1.165) is 10.4 Å². The maximum absolute atomic E-state index is 11.6. The highest BCUT2D eigenvalue weighted by Gasteiger charge is 2.35. The van der Waals surface area contributed by atoms with Crippen molar-refractivity contribution in [1.29, 1.82) is 0 Å². The Bertz CT molecular complexity index is 723. The summed E-state index contributed by atoms with van der Waals surface area (Å²) in [5, 5.41) is 11.4. The van der Waals surface area contributed by atoms with Gasteiger partial charge in [-0.3, -0.25) is 4.79 Å². The molecule has 0 aliphatic carbocycles. The molecular weight excluding hydrogens is 280 g/mol. The SMILES string of the molecule is Nc1c(N2CCc3sccc3C2C(=O)O)nc[nH]c1=O. The van der Waals surface area contributed by atoms with E-state index in [0.29, 0.717) is 13.0 Å². The largest absolute Gasteiger partial charge is 0.479 e. The third-order valence-corrected chi connectivity index (χ3v) is 4.34. The van der Waals surface area contributed by atoms with Crippen molar-refractivity contribution in [3.63, 3.8) is 0 Å². The number of nitrogens with zero attached hydrogens (tertiary/aromatic N) is 2. The first-order valence-corrected chi connectivity index (χ1v) is 6.86. The summed E-state index contributed by atoms with van der Waals surface area (Å²) in [7, 11) is 0. The number of carbonyl (C=O) groups is 1. The number of thiophene rings is 1. The van der Waals surface area contributed by atoms with Gasteiger partial charge in [-0.1, -0.05) is 0 Å². The summed E-state index contributed by atoms with van der Waals surface area (Å²) in [6, 6.07) is 0.940. The summed E-state index contributed by atoms with van der Waals surface area (Å²) in [5.74, 6) is -0.760. The van der Waals surface area contributed by atoms with E-state index in [4.69, 9.17) is 5.73 Å².